The molecule has 0 radical (unpaired) electrons. The quantitative estimate of drug-likeness (QED) is 0.312. The molecule has 2 amide bonds. The zero-order valence-corrected chi connectivity index (χ0v) is 25.7. The molecule has 10 heteroatoms. The van der Waals surface area contributed by atoms with Gasteiger partial charge in [-0.1, -0.05) is 47.5 Å². The van der Waals surface area contributed by atoms with Gasteiger partial charge in [0.1, 0.15) is 11.4 Å². The van der Waals surface area contributed by atoms with Crippen LogP contribution in [0.3, 0.4) is 0 Å². The van der Waals surface area contributed by atoms with Crippen molar-refractivity contribution in [3.8, 4) is 0 Å². The molecular formula is C33H35Cl2FN4O3. The summed E-state index contributed by atoms with van der Waals surface area (Å²) in [6, 6.07) is 20.2. The van der Waals surface area contributed by atoms with E-state index in [4.69, 9.17) is 27.9 Å². The number of hydrogen-bond donors (Lipinski definition) is 0. The summed E-state index contributed by atoms with van der Waals surface area (Å²) in [4.78, 5) is 34.7. The van der Waals surface area contributed by atoms with Gasteiger partial charge in [-0.05, 0) is 61.0 Å². The van der Waals surface area contributed by atoms with Crippen molar-refractivity contribution in [2.45, 2.75) is 30.8 Å². The second-order valence-corrected chi connectivity index (χ2v) is 12.4. The van der Waals surface area contributed by atoms with Gasteiger partial charge < -0.3 is 19.4 Å². The Morgan fingerprint density at radius 2 is 1.65 bits per heavy atom. The van der Waals surface area contributed by atoms with Gasteiger partial charge in [0.2, 0.25) is 5.91 Å². The van der Waals surface area contributed by atoms with Crippen LogP contribution in [0.15, 0.2) is 66.7 Å². The minimum atomic E-state index is -0.852. The van der Waals surface area contributed by atoms with Gasteiger partial charge in [-0.25, -0.2) is 9.18 Å². The van der Waals surface area contributed by atoms with Crippen molar-refractivity contribution in [1.29, 1.82) is 0 Å². The van der Waals surface area contributed by atoms with Gasteiger partial charge in [-0.2, -0.15) is 0 Å². The van der Waals surface area contributed by atoms with E-state index in [1.807, 2.05) is 29.2 Å². The lowest BCUT2D eigenvalue weighted by molar-refractivity contribution is -0.133. The van der Waals surface area contributed by atoms with Crippen molar-refractivity contribution < 1.29 is 18.7 Å². The third-order valence-corrected chi connectivity index (χ3v) is 9.86. The number of rotatable bonds is 6. The summed E-state index contributed by atoms with van der Waals surface area (Å²) >= 11 is 12.6. The molecule has 3 heterocycles. The van der Waals surface area contributed by atoms with Gasteiger partial charge in [-0.3, -0.25) is 9.69 Å². The highest BCUT2D eigenvalue weighted by atomic mass is 35.5. The molecule has 2 fully saturated rings. The molecule has 7 nitrogen and oxygen atoms in total. The van der Waals surface area contributed by atoms with Crippen LogP contribution in [0.5, 0.6) is 0 Å². The fraction of sp³-hybridized carbons (Fsp3) is 0.394. The Labute approximate surface area is 261 Å². The number of ether oxygens (including phenoxy) is 1. The molecule has 226 valence electrons. The lowest BCUT2D eigenvalue weighted by atomic mass is 9.81. The Balaban J connectivity index is 1.14. The Bertz CT molecular complexity index is 1490. The number of piperidine rings is 1. The first-order chi connectivity index (χ1) is 20.7. The van der Waals surface area contributed by atoms with Crippen LogP contribution in [0.4, 0.5) is 20.6 Å². The van der Waals surface area contributed by atoms with Crippen molar-refractivity contribution >= 4 is 46.6 Å². The van der Waals surface area contributed by atoms with Crippen molar-refractivity contribution in [3.63, 3.8) is 0 Å². The van der Waals surface area contributed by atoms with Crippen molar-refractivity contribution in [2.75, 3.05) is 62.7 Å². The minimum Gasteiger partial charge on any atom is -0.437 e. The van der Waals surface area contributed by atoms with Gasteiger partial charge in [0.05, 0.1) is 21.7 Å². The number of fused-ring (bicyclic) bond motifs is 2. The van der Waals surface area contributed by atoms with Gasteiger partial charge in [0.15, 0.2) is 0 Å². The molecule has 3 aliphatic rings. The van der Waals surface area contributed by atoms with Crippen LogP contribution in [-0.4, -0.2) is 74.7 Å². The van der Waals surface area contributed by atoms with Crippen molar-refractivity contribution in [3.05, 3.63) is 93.7 Å². The largest absolute Gasteiger partial charge is 0.437 e. The molecule has 3 aliphatic heterocycles. The molecule has 1 spiro atoms. The summed E-state index contributed by atoms with van der Waals surface area (Å²) in [5, 5.41) is 0.888. The van der Waals surface area contributed by atoms with Crippen molar-refractivity contribution in [2.24, 2.45) is 0 Å². The molecule has 43 heavy (non-hydrogen) atoms. The third kappa shape index (κ3) is 6.06. The maximum Gasteiger partial charge on any atom is 0.414 e. The van der Waals surface area contributed by atoms with Gasteiger partial charge >= 0.3 is 6.09 Å². The number of para-hydroxylation sites is 1. The summed E-state index contributed by atoms with van der Waals surface area (Å²) in [6.07, 6.45) is 1.28. The predicted molar refractivity (Wildman–Crippen MR) is 168 cm³/mol. The third-order valence-electron chi connectivity index (χ3n) is 9.12. The number of nitrogens with zero attached hydrogens (tertiary/aromatic N) is 4. The first-order valence-electron chi connectivity index (χ1n) is 14.8. The number of carbonyl (C=O) groups is 2. The molecular weight excluding hydrogens is 590 g/mol. The minimum absolute atomic E-state index is 0.0910. The van der Waals surface area contributed by atoms with Gasteiger partial charge in [0.25, 0.3) is 0 Å². The zero-order chi connectivity index (χ0) is 30.1. The van der Waals surface area contributed by atoms with E-state index < -0.39 is 11.7 Å². The maximum absolute atomic E-state index is 14.3. The number of carbonyl (C=O) groups excluding carboxylic acids is 2. The smallest absolute Gasteiger partial charge is 0.414 e. The molecule has 0 aliphatic carbocycles. The Kier molecular flexibility index (Phi) is 8.54. The summed E-state index contributed by atoms with van der Waals surface area (Å²) in [5.74, 6) is -0.627. The Morgan fingerprint density at radius 1 is 0.930 bits per heavy atom. The lowest BCUT2D eigenvalue weighted by Gasteiger charge is -2.46. The van der Waals surface area contributed by atoms with Crippen LogP contribution < -0.4 is 9.80 Å². The highest BCUT2D eigenvalue weighted by Gasteiger charge is 2.46. The topological polar surface area (TPSA) is 56.3 Å². The van der Waals surface area contributed by atoms with E-state index >= 15 is 0 Å². The molecule has 0 saturated carbocycles. The summed E-state index contributed by atoms with van der Waals surface area (Å²) in [6.45, 7) is 4.83. The van der Waals surface area contributed by atoms with Gasteiger partial charge in [0, 0.05) is 70.4 Å². The average molecular weight is 626 g/mol. The normalized spacial score (nSPS) is 19.3. The van der Waals surface area contributed by atoms with Crippen LogP contribution in [0.25, 0.3) is 0 Å². The monoisotopic (exact) mass is 624 g/mol. The number of anilines is 2. The van der Waals surface area contributed by atoms with E-state index in [2.05, 4.69) is 21.9 Å². The second-order valence-electron chi connectivity index (χ2n) is 11.6. The first-order valence-corrected chi connectivity index (χ1v) is 15.5. The Hall–Kier alpha value is -3.33. The van der Waals surface area contributed by atoms with Crippen molar-refractivity contribution in [1.82, 2.24) is 9.80 Å². The van der Waals surface area contributed by atoms with E-state index in [0.717, 1.165) is 18.7 Å². The highest BCUT2D eigenvalue weighted by molar-refractivity contribution is 6.42. The number of hydrogen-bond acceptors (Lipinski definition) is 5. The van der Waals surface area contributed by atoms with E-state index in [-0.39, 0.29) is 17.6 Å². The number of benzene rings is 3. The van der Waals surface area contributed by atoms with E-state index in [0.29, 0.717) is 73.3 Å². The fourth-order valence-corrected chi connectivity index (χ4v) is 6.89. The summed E-state index contributed by atoms with van der Waals surface area (Å²) < 4.78 is 20.2. The van der Waals surface area contributed by atoms with Gasteiger partial charge in [-0.15, -0.1) is 0 Å². The molecule has 0 aromatic heterocycles. The fourth-order valence-electron chi connectivity index (χ4n) is 6.58. The molecule has 6 rings (SSSR count). The standard InChI is InChI=1S/C33H35Cl2FN4O3/c1-37-30-10-8-24(36)22-27(30)33(43-32(37)42)12-15-38(16-13-33)14-11-26(23-7-9-28(34)29(35)21-23)31(41)40-19-17-39(18-20-40)25-5-3-2-4-6-25/h2-10,21-22,26H,11-20H2,1H3. The molecule has 3 aromatic carbocycles. The van der Waals surface area contributed by atoms with Crippen LogP contribution >= 0.6 is 23.2 Å². The van der Waals surface area contributed by atoms with Crippen LogP contribution in [0.1, 0.15) is 36.3 Å². The zero-order valence-electron chi connectivity index (χ0n) is 24.1. The first kappa shape index (κ1) is 29.7. The molecule has 1 unspecified atom stereocenters. The average Bonchev–Trinajstić information content (AvgIpc) is 3.03. The Morgan fingerprint density at radius 3 is 2.35 bits per heavy atom. The molecule has 3 aromatic rings. The molecule has 1 atom stereocenters. The molecule has 2 saturated heterocycles. The van der Waals surface area contributed by atoms with E-state index in [9.17, 15) is 14.0 Å². The van der Waals surface area contributed by atoms with Crippen LogP contribution in [-0.2, 0) is 15.1 Å². The summed E-state index contributed by atoms with van der Waals surface area (Å²) in [7, 11) is 1.64. The van der Waals surface area contributed by atoms with Crippen LogP contribution in [0, 0.1) is 5.82 Å². The SMILES string of the molecule is CN1C(=O)OC2(CCN(CCC(C(=O)N3CCN(c4ccccc4)CC3)c3ccc(Cl)c(Cl)c3)CC2)c2cc(F)ccc21. The lowest BCUT2D eigenvalue weighted by Crippen LogP contribution is -2.51. The van der Waals surface area contributed by atoms with E-state index in [1.165, 1.54) is 22.7 Å². The maximum atomic E-state index is 14.3. The van der Waals surface area contributed by atoms with Crippen LogP contribution in [0.2, 0.25) is 10.0 Å². The second kappa shape index (κ2) is 12.3. The molecule has 0 bridgehead atoms. The van der Waals surface area contributed by atoms with E-state index in [1.54, 1.807) is 25.2 Å². The molecule has 0 N–H and O–H groups in total. The highest BCUT2D eigenvalue weighted by Crippen LogP contribution is 2.45. The number of amides is 2. The number of halogens is 3. The summed E-state index contributed by atoms with van der Waals surface area (Å²) in [5.41, 5.74) is 2.57. The number of piperazine rings is 1. The predicted octanol–water partition coefficient (Wildman–Crippen LogP) is 6.53. The number of likely N-dealkylation sites (tertiary alicyclic amines) is 1.